The minimum Gasteiger partial charge on any atom is -0.352 e. The Balaban J connectivity index is 1.75. The Kier molecular flexibility index (Phi) is 5.43. The zero-order chi connectivity index (χ0) is 13.5. The van der Waals surface area contributed by atoms with E-state index in [0.29, 0.717) is 10.9 Å². The van der Waals surface area contributed by atoms with Crippen molar-refractivity contribution in [1.82, 2.24) is 10.6 Å². The fourth-order valence-corrected chi connectivity index (χ4v) is 2.26. The average Bonchev–Trinajstić information content (AvgIpc) is 2.45. The van der Waals surface area contributed by atoms with Crippen LogP contribution in [0.15, 0.2) is 30.3 Å². The third-order valence-corrected chi connectivity index (χ3v) is 3.57. The minimum atomic E-state index is -0.0338. The molecule has 102 valence electrons. The summed E-state index contributed by atoms with van der Waals surface area (Å²) in [6, 6.07) is 7.40. The molecule has 0 aromatic heterocycles. The fourth-order valence-electron chi connectivity index (χ4n) is 2.14. The predicted octanol–water partition coefficient (Wildman–Crippen LogP) is 2.47. The maximum Gasteiger partial charge on any atom is 0.244 e. The van der Waals surface area contributed by atoms with Gasteiger partial charge in [-0.2, -0.15) is 0 Å². The van der Waals surface area contributed by atoms with Crippen LogP contribution >= 0.6 is 11.6 Å². The highest BCUT2D eigenvalue weighted by Gasteiger charge is 2.12. The quantitative estimate of drug-likeness (QED) is 0.831. The number of carbonyl (C=O) groups is 1. The highest BCUT2D eigenvalue weighted by molar-refractivity contribution is 6.30. The van der Waals surface area contributed by atoms with Crippen LogP contribution in [0, 0.1) is 5.92 Å². The molecule has 1 aromatic rings. The molecule has 0 atom stereocenters. The van der Waals surface area contributed by atoms with E-state index in [1.54, 1.807) is 12.2 Å². The molecule has 2 rings (SSSR count). The van der Waals surface area contributed by atoms with Crippen LogP contribution in [0.25, 0.3) is 6.08 Å². The second-order valence-corrected chi connectivity index (χ2v) is 5.26. The summed E-state index contributed by atoms with van der Waals surface area (Å²) in [6.07, 6.45) is 5.65. The van der Waals surface area contributed by atoms with Gasteiger partial charge >= 0.3 is 0 Å². The summed E-state index contributed by atoms with van der Waals surface area (Å²) in [5.74, 6) is 0.572. The average molecular weight is 279 g/mol. The number of nitrogens with one attached hydrogen (secondary N) is 2. The molecule has 0 spiro atoms. The second kappa shape index (κ2) is 7.31. The van der Waals surface area contributed by atoms with Crippen LogP contribution < -0.4 is 10.6 Å². The lowest BCUT2D eigenvalue weighted by molar-refractivity contribution is -0.116. The fraction of sp³-hybridized carbons (Fsp3) is 0.400. The summed E-state index contributed by atoms with van der Waals surface area (Å²) in [7, 11) is 0. The molecule has 1 heterocycles. The van der Waals surface area contributed by atoms with Crippen molar-refractivity contribution in [2.45, 2.75) is 12.8 Å². The smallest absolute Gasteiger partial charge is 0.244 e. The van der Waals surface area contributed by atoms with Gasteiger partial charge in [-0.05, 0) is 55.6 Å². The molecule has 1 aliphatic rings. The van der Waals surface area contributed by atoms with Crippen LogP contribution in [0.4, 0.5) is 0 Å². The molecule has 1 saturated heterocycles. The van der Waals surface area contributed by atoms with E-state index in [0.717, 1.165) is 38.0 Å². The van der Waals surface area contributed by atoms with E-state index < -0.39 is 0 Å². The Labute approximate surface area is 119 Å². The normalized spacial score (nSPS) is 16.7. The molecule has 0 bridgehead atoms. The molecule has 3 nitrogen and oxygen atoms in total. The topological polar surface area (TPSA) is 41.1 Å². The van der Waals surface area contributed by atoms with E-state index in [-0.39, 0.29) is 5.91 Å². The van der Waals surface area contributed by atoms with E-state index >= 15 is 0 Å². The lowest BCUT2D eigenvalue weighted by Gasteiger charge is -2.22. The maximum atomic E-state index is 11.7. The van der Waals surface area contributed by atoms with Crippen molar-refractivity contribution in [3.05, 3.63) is 40.9 Å². The Hall–Kier alpha value is -1.32. The summed E-state index contributed by atoms with van der Waals surface area (Å²) in [6.45, 7) is 2.88. The van der Waals surface area contributed by atoms with Crippen LogP contribution in [-0.4, -0.2) is 25.5 Å². The van der Waals surface area contributed by atoms with Crippen LogP contribution in [0.1, 0.15) is 18.4 Å². The molecule has 0 radical (unpaired) electrons. The molecule has 0 saturated carbocycles. The van der Waals surface area contributed by atoms with Gasteiger partial charge in [0.1, 0.15) is 0 Å². The number of benzene rings is 1. The lowest BCUT2D eigenvalue weighted by Crippen LogP contribution is -2.35. The van der Waals surface area contributed by atoms with Gasteiger partial charge in [0, 0.05) is 17.6 Å². The number of rotatable bonds is 4. The van der Waals surface area contributed by atoms with E-state index in [2.05, 4.69) is 10.6 Å². The van der Waals surface area contributed by atoms with Gasteiger partial charge in [-0.3, -0.25) is 4.79 Å². The Morgan fingerprint density at radius 3 is 2.68 bits per heavy atom. The molecule has 19 heavy (non-hydrogen) atoms. The highest BCUT2D eigenvalue weighted by atomic mass is 35.5. The van der Waals surface area contributed by atoms with Crippen molar-refractivity contribution in [2.75, 3.05) is 19.6 Å². The van der Waals surface area contributed by atoms with Crippen LogP contribution in [0.3, 0.4) is 0 Å². The summed E-state index contributed by atoms with van der Waals surface area (Å²) < 4.78 is 0. The Bertz CT molecular complexity index is 436. The first-order valence-electron chi connectivity index (χ1n) is 6.66. The molecule has 4 heteroatoms. The van der Waals surface area contributed by atoms with Gasteiger partial charge in [0.15, 0.2) is 0 Å². The molecular formula is C15H19ClN2O. The summed E-state index contributed by atoms with van der Waals surface area (Å²) in [5, 5.41) is 6.97. The van der Waals surface area contributed by atoms with E-state index in [4.69, 9.17) is 11.6 Å². The highest BCUT2D eigenvalue weighted by Crippen LogP contribution is 2.11. The second-order valence-electron chi connectivity index (χ2n) is 4.82. The molecule has 1 aromatic carbocycles. The molecule has 0 aliphatic carbocycles. The maximum absolute atomic E-state index is 11.7. The van der Waals surface area contributed by atoms with Crippen LogP contribution in [-0.2, 0) is 4.79 Å². The van der Waals surface area contributed by atoms with Gasteiger partial charge in [0.25, 0.3) is 0 Å². The standard InChI is InChI=1S/C15H19ClN2O/c16-14-4-1-12(2-5-14)3-6-15(19)18-11-13-7-9-17-10-8-13/h1-6,13,17H,7-11H2,(H,18,19). The van der Waals surface area contributed by atoms with Gasteiger partial charge in [-0.15, -0.1) is 0 Å². The summed E-state index contributed by atoms with van der Waals surface area (Å²) in [4.78, 5) is 11.7. The van der Waals surface area contributed by atoms with E-state index in [1.165, 1.54) is 0 Å². The first-order chi connectivity index (χ1) is 9.24. The molecule has 1 amide bonds. The number of hydrogen-bond acceptors (Lipinski definition) is 2. The third kappa shape index (κ3) is 5.05. The number of carbonyl (C=O) groups excluding carboxylic acids is 1. The minimum absolute atomic E-state index is 0.0338. The van der Waals surface area contributed by atoms with Crippen LogP contribution in [0.5, 0.6) is 0 Å². The molecule has 1 fully saturated rings. The third-order valence-electron chi connectivity index (χ3n) is 3.32. The van der Waals surface area contributed by atoms with Crippen molar-refractivity contribution < 1.29 is 4.79 Å². The summed E-state index contributed by atoms with van der Waals surface area (Å²) in [5.41, 5.74) is 0.974. The first-order valence-corrected chi connectivity index (χ1v) is 7.04. The van der Waals surface area contributed by atoms with Gasteiger partial charge in [0.2, 0.25) is 5.91 Å². The Morgan fingerprint density at radius 1 is 1.32 bits per heavy atom. The zero-order valence-corrected chi connectivity index (χ0v) is 11.6. The molecule has 2 N–H and O–H groups in total. The first kappa shape index (κ1) is 14.1. The molecule has 1 aliphatic heterocycles. The zero-order valence-electron chi connectivity index (χ0n) is 10.9. The van der Waals surface area contributed by atoms with Gasteiger partial charge < -0.3 is 10.6 Å². The number of hydrogen-bond donors (Lipinski definition) is 2. The van der Waals surface area contributed by atoms with Crippen LogP contribution in [0.2, 0.25) is 5.02 Å². The SMILES string of the molecule is O=C(C=Cc1ccc(Cl)cc1)NCC1CCNCC1. The predicted molar refractivity (Wildman–Crippen MR) is 79.1 cm³/mol. The van der Waals surface area contributed by atoms with E-state index in [9.17, 15) is 4.79 Å². The van der Waals surface area contributed by atoms with E-state index in [1.807, 2.05) is 24.3 Å². The van der Waals surface area contributed by atoms with Crippen molar-refractivity contribution >= 4 is 23.6 Å². The van der Waals surface area contributed by atoms with Gasteiger partial charge in [-0.25, -0.2) is 0 Å². The van der Waals surface area contributed by atoms with Crippen molar-refractivity contribution in [1.29, 1.82) is 0 Å². The molecule has 0 unspecified atom stereocenters. The Morgan fingerprint density at radius 2 is 2.00 bits per heavy atom. The van der Waals surface area contributed by atoms with Crippen molar-refractivity contribution in [3.63, 3.8) is 0 Å². The van der Waals surface area contributed by atoms with Gasteiger partial charge in [0.05, 0.1) is 0 Å². The lowest BCUT2D eigenvalue weighted by atomic mass is 9.98. The summed E-state index contributed by atoms with van der Waals surface area (Å²) >= 11 is 5.80. The number of amides is 1. The monoisotopic (exact) mass is 278 g/mol. The van der Waals surface area contributed by atoms with Gasteiger partial charge in [-0.1, -0.05) is 23.7 Å². The van der Waals surface area contributed by atoms with Crippen molar-refractivity contribution in [2.24, 2.45) is 5.92 Å². The molecular weight excluding hydrogens is 260 g/mol. The number of halogens is 1. The van der Waals surface area contributed by atoms with Crippen molar-refractivity contribution in [3.8, 4) is 0 Å². The largest absolute Gasteiger partial charge is 0.352 e. The number of piperidine rings is 1.